The molecule has 148 valence electrons. The summed E-state index contributed by atoms with van der Waals surface area (Å²) in [4.78, 5) is 7.01. The van der Waals surface area contributed by atoms with Crippen molar-refractivity contribution in [1.82, 2.24) is 24.2 Å². The van der Waals surface area contributed by atoms with Gasteiger partial charge in [-0.3, -0.25) is 4.90 Å². The van der Waals surface area contributed by atoms with Crippen molar-refractivity contribution in [2.24, 2.45) is 0 Å². The molecule has 0 radical (unpaired) electrons. The van der Waals surface area contributed by atoms with E-state index in [4.69, 9.17) is 5.10 Å². The summed E-state index contributed by atoms with van der Waals surface area (Å²) in [5.41, 5.74) is 5.05. The lowest BCUT2D eigenvalue weighted by Crippen LogP contribution is -2.39. The molecule has 2 aromatic heterocycles. The molecule has 28 heavy (non-hydrogen) atoms. The lowest BCUT2D eigenvalue weighted by atomic mass is 10.1. The van der Waals surface area contributed by atoms with Gasteiger partial charge in [0.15, 0.2) is 0 Å². The second kappa shape index (κ2) is 7.87. The Hall–Kier alpha value is -2.47. The zero-order valence-corrected chi connectivity index (χ0v) is 16.9. The van der Waals surface area contributed by atoms with Gasteiger partial charge in [0.05, 0.1) is 35.3 Å². The summed E-state index contributed by atoms with van der Waals surface area (Å²) in [7, 11) is 0. The smallest absolute Gasteiger partial charge is 0.123 e. The first-order chi connectivity index (χ1) is 13.5. The van der Waals surface area contributed by atoms with E-state index in [0.717, 1.165) is 34.9 Å². The number of rotatable bonds is 5. The highest BCUT2D eigenvalue weighted by Gasteiger charge is 2.21. The summed E-state index contributed by atoms with van der Waals surface area (Å²) >= 11 is 0. The molecule has 6 heteroatoms. The normalized spacial score (nSPS) is 16.4. The van der Waals surface area contributed by atoms with Gasteiger partial charge in [-0.2, -0.15) is 5.10 Å². The van der Waals surface area contributed by atoms with Crippen molar-refractivity contribution >= 4 is 0 Å². The fourth-order valence-corrected chi connectivity index (χ4v) is 4.28. The van der Waals surface area contributed by atoms with Crippen LogP contribution < -0.4 is 0 Å². The van der Waals surface area contributed by atoms with Gasteiger partial charge in [-0.05, 0) is 71.0 Å². The molecule has 5 nitrogen and oxygen atoms in total. The van der Waals surface area contributed by atoms with Crippen molar-refractivity contribution in [2.45, 2.75) is 52.6 Å². The maximum atomic E-state index is 13.3. The molecule has 0 aliphatic carbocycles. The van der Waals surface area contributed by atoms with Crippen molar-refractivity contribution in [1.29, 1.82) is 0 Å². The molecule has 1 atom stereocenters. The Balaban J connectivity index is 1.63. The topological polar surface area (TPSA) is 38.9 Å². The predicted molar refractivity (Wildman–Crippen MR) is 109 cm³/mol. The van der Waals surface area contributed by atoms with Gasteiger partial charge in [-0.1, -0.05) is 6.42 Å². The lowest BCUT2D eigenvalue weighted by Gasteiger charge is -2.32. The Morgan fingerprint density at radius 2 is 1.79 bits per heavy atom. The van der Waals surface area contributed by atoms with Gasteiger partial charge in [0.1, 0.15) is 5.82 Å². The first kappa shape index (κ1) is 18.9. The molecule has 3 heterocycles. The average molecular weight is 381 g/mol. The number of likely N-dealkylation sites (tertiary alicyclic amines) is 1. The van der Waals surface area contributed by atoms with Crippen LogP contribution in [0.3, 0.4) is 0 Å². The third-order valence-corrected chi connectivity index (χ3v) is 5.81. The van der Waals surface area contributed by atoms with Crippen LogP contribution in [0, 0.1) is 19.7 Å². The number of aryl methyl sites for hydroxylation is 1. The van der Waals surface area contributed by atoms with Gasteiger partial charge in [0, 0.05) is 18.2 Å². The zero-order valence-electron chi connectivity index (χ0n) is 16.9. The molecule has 0 amide bonds. The number of hydrogen-bond donors (Lipinski definition) is 0. The summed E-state index contributed by atoms with van der Waals surface area (Å²) in [6, 6.07) is 6.93. The van der Waals surface area contributed by atoms with Crippen molar-refractivity contribution < 1.29 is 4.39 Å². The number of halogens is 1. The molecule has 3 aromatic rings. The molecule has 1 aliphatic rings. The highest BCUT2D eigenvalue weighted by molar-refractivity contribution is 5.66. The third-order valence-electron chi connectivity index (χ3n) is 5.81. The largest absolute Gasteiger partial charge is 0.329 e. The number of imidazole rings is 1. The third kappa shape index (κ3) is 3.61. The minimum absolute atomic E-state index is 0.240. The standard InChI is InChI=1S/C22H28FN5/c1-16(26-11-5-4-6-12-26)14-27-15-24-13-21(27)22-17(2)25-28(18(22)3)20-9-7-19(23)8-10-20/h7-10,13,15-16H,4-6,11-12,14H2,1-3H3/t16-/m0/s1. The quantitative estimate of drug-likeness (QED) is 0.659. The molecular formula is C22H28FN5. The van der Waals surface area contributed by atoms with Crippen molar-refractivity contribution in [3.63, 3.8) is 0 Å². The number of nitrogens with zero attached hydrogens (tertiary/aromatic N) is 5. The van der Waals surface area contributed by atoms with Gasteiger partial charge in [0.2, 0.25) is 0 Å². The number of hydrogen-bond acceptors (Lipinski definition) is 3. The molecule has 0 N–H and O–H groups in total. The Bertz CT molecular complexity index is 934. The molecule has 0 bridgehead atoms. The van der Waals surface area contributed by atoms with Crippen molar-refractivity contribution in [3.05, 3.63) is 54.0 Å². The molecule has 1 aromatic carbocycles. The Kier molecular flexibility index (Phi) is 5.31. The number of benzene rings is 1. The number of piperidine rings is 1. The number of aromatic nitrogens is 4. The van der Waals surface area contributed by atoms with E-state index >= 15 is 0 Å². The molecule has 0 unspecified atom stereocenters. The van der Waals surface area contributed by atoms with Gasteiger partial charge in [-0.25, -0.2) is 14.1 Å². The first-order valence-electron chi connectivity index (χ1n) is 10.1. The van der Waals surface area contributed by atoms with Crippen LogP contribution in [0.2, 0.25) is 0 Å². The van der Waals surface area contributed by atoms with Crippen LogP contribution in [-0.4, -0.2) is 43.4 Å². The van der Waals surface area contributed by atoms with E-state index in [1.54, 1.807) is 12.1 Å². The maximum absolute atomic E-state index is 13.3. The highest BCUT2D eigenvalue weighted by atomic mass is 19.1. The summed E-state index contributed by atoms with van der Waals surface area (Å²) < 4.78 is 17.4. The van der Waals surface area contributed by atoms with Crippen LogP contribution in [-0.2, 0) is 6.54 Å². The van der Waals surface area contributed by atoms with Gasteiger partial charge < -0.3 is 4.57 Å². The summed E-state index contributed by atoms with van der Waals surface area (Å²) in [5.74, 6) is -0.240. The van der Waals surface area contributed by atoms with Crippen molar-refractivity contribution in [2.75, 3.05) is 13.1 Å². The van der Waals surface area contributed by atoms with Crippen molar-refractivity contribution in [3.8, 4) is 16.9 Å². The zero-order chi connectivity index (χ0) is 19.7. The second-order valence-electron chi connectivity index (χ2n) is 7.81. The minimum atomic E-state index is -0.240. The fourth-order valence-electron chi connectivity index (χ4n) is 4.28. The monoisotopic (exact) mass is 381 g/mol. The van der Waals surface area contributed by atoms with Crippen LogP contribution in [0.15, 0.2) is 36.8 Å². The Labute approximate surface area is 165 Å². The van der Waals surface area contributed by atoms with E-state index in [0.29, 0.717) is 6.04 Å². The Morgan fingerprint density at radius 3 is 2.50 bits per heavy atom. The summed E-state index contributed by atoms with van der Waals surface area (Å²) in [6.45, 7) is 9.67. The molecule has 1 aliphatic heterocycles. The molecule has 0 saturated carbocycles. The molecule has 1 fully saturated rings. The van der Waals surface area contributed by atoms with E-state index in [1.165, 1.54) is 44.5 Å². The lowest BCUT2D eigenvalue weighted by molar-refractivity contribution is 0.160. The van der Waals surface area contributed by atoms with Crippen LogP contribution in [0.25, 0.3) is 16.9 Å². The molecule has 4 rings (SSSR count). The fraction of sp³-hybridized carbons (Fsp3) is 0.455. The SMILES string of the molecule is Cc1nn(-c2ccc(F)cc2)c(C)c1-c1cncn1C[C@H](C)N1CCCCC1. The van der Waals surface area contributed by atoms with E-state index in [9.17, 15) is 4.39 Å². The van der Waals surface area contributed by atoms with Crippen LogP contribution in [0.5, 0.6) is 0 Å². The van der Waals surface area contributed by atoms with Gasteiger partial charge >= 0.3 is 0 Å². The molecule has 1 saturated heterocycles. The predicted octanol–water partition coefficient (Wildman–Crippen LogP) is 4.37. The second-order valence-corrected chi connectivity index (χ2v) is 7.81. The minimum Gasteiger partial charge on any atom is -0.329 e. The van der Waals surface area contributed by atoms with Crippen LogP contribution >= 0.6 is 0 Å². The van der Waals surface area contributed by atoms with E-state index in [2.05, 4.69) is 28.3 Å². The summed E-state index contributed by atoms with van der Waals surface area (Å²) in [6.07, 6.45) is 7.78. The molecule has 0 spiro atoms. The first-order valence-corrected chi connectivity index (χ1v) is 10.1. The van der Waals surface area contributed by atoms with Crippen LogP contribution in [0.4, 0.5) is 4.39 Å². The highest BCUT2D eigenvalue weighted by Crippen LogP contribution is 2.29. The molecular weight excluding hydrogens is 353 g/mol. The van der Waals surface area contributed by atoms with E-state index in [-0.39, 0.29) is 5.82 Å². The summed E-state index contributed by atoms with van der Waals surface area (Å²) in [5, 5.41) is 4.72. The van der Waals surface area contributed by atoms with Gasteiger partial charge in [-0.15, -0.1) is 0 Å². The average Bonchev–Trinajstić information content (AvgIpc) is 3.26. The Morgan fingerprint density at radius 1 is 1.07 bits per heavy atom. The van der Waals surface area contributed by atoms with E-state index < -0.39 is 0 Å². The van der Waals surface area contributed by atoms with E-state index in [1.807, 2.05) is 24.1 Å². The maximum Gasteiger partial charge on any atom is 0.123 e. The van der Waals surface area contributed by atoms with Gasteiger partial charge in [0.25, 0.3) is 0 Å². The van der Waals surface area contributed by atoms with Crippen LogP contribution in [0.1, 0.15) is 37.6 Å².